The third kappa shape index (κ3) is 3.76. The van der Waals surface area contributed by atoms with E-state index in [4.69, 9.17) is 5.11 Å². The van der Waals surface area contributed by atoms with Gasteiger partial charge in [0.15, 0.2) is 0 Å². The van der Waals surface area contributed by atoms with Gasteiger partial charge in [-0.1, -0.05) is 13.8 Å². The lowest BCUT2D eigenvalue weighted by Crippen LogP contribution is -2.44. The molecule has 8 heteroatoms. The highest BCUT2D eigenvalue weighted by Gasteiger charge is 2.28. The van der Waals surface area contributed by atoms with Gasteiger partial charge in [0.25, 0.3) is 0 Å². The Hall–Kier alpha value is -0.990. The molecule has 18 heavy (non-hydrogen) atoms. The van der Waals surface area contributed by atoms with Gasteiger partial charge in [0.2, 0.25) is 10.0 Å². The molecule has 2 N–H and O–H groups in total. The van der Waals surface area contributed by atoms with E-state index >= 15 is 0 Å². The number of nitrogens with zero attached hydrogens (tertiary/aromatic N) is 1. The van der Waals surface area contributed by atoms with Crippen LogP contribution in [0.15, 0.2) is 27.8 Å². The first-order chi connectivity index (χ1) is 8.24. The fraction of sp³-hybridized carbons (Fsp3) is 0.400. The highest BCUT2D eigenvalue weighted by molar-refractivity contribution is 9.10. The molecule has 100 valence electrons. The molecule has 0 bridgehead atoms. The summed E-state index contributed by atoms with van der Waals surface area (Å²) in [7, 11) is -3.90. The molecule has 1 aromatic heterocycles. The van der Waals surface area contributed by atoms with Crippen LogP contribution in [0.3, 0.4) is 0 Å². The zero-order valence-corrected chi connectivity index (χ0v) is 12.2. The summed E-state index contributed by atoms with van der Waals surface area (Å²) in [5.74, 6) is -1.58. The number of aliphatic carboxylic acids is 1. The van der Waals surface area contributed by atoms with Gasteiger partial charge in [-0.05, 0) is 27.9 Å². The van der Waals surface area contributed by atoms with Gasteiger partial charge in [-0.25, -0.2) is 8.42 Å². The summed E-state index contributed by atoms with van der Waals surface area (Å²) in [5, 5.41) is 8.96. The average molecular weight is 337 g/mol. The van der Waals surface area contributed by atoms with E-state index in [-0.39, 0.29) is 10.8 Å². The Labute approximate surface area is 114 Å². The molecule has 0 aliphatic rings. The number of hydrogen-bond donors (Lipinski definition) is 2. The lowest BCUT2D eigenvalue weighted by molar-refractivity contribution is -0.140. The highest BCUT2D eigenvalue weighted by Crippen LogP contribution is 2.15. The second-order valence-corrected chi connectivity index (χ2v) is 6.65. The normalized spacial score (nSPS) is 13.6. The minimum absolute atomic E-state index is 0.0798. The number of carboxylic acid groups (broad SMARTS) is 1. The van der Waals surface area contributed by atoms with Crippen molar-refractivity contribution in [2.24, 2.45) is 5.92 Å². The smallest absolute Gasteiger partial charge is 0.322 e. The van der Waals surface area contributed by atoms with E-state index < -0.39 is 22.0 Å². The molecule has 0 spiro atoms. The number of nitrogens with one attached hydrogen (secondary N) is 1. The molecule has 0 saturated carbocycles. The number of rotatable bonds is 5. The maximum absolute atomic E-state index is 12.0. The number of sulfonamides is 1. The van der Waals surface area contributed by atoms with E-state index in [1.54, 1.807) is 13.8 Å². The van der Waals surface area contributed by atoms with Crippen molar-refractivity contribution in [1.82, 2.24) is 9.71 Å². The van der Waals surface area contributed by atoms with E-state index in [0.29, 0.717) is 4.47 Å². The summed E-state index contributed by atoms with van der Waals surface area (Å²) in [5.41, 5.74) is 0. The van der Waals surface area contributed by atoms with Crippen LogP contribution in [0.4, 0.5) is 0 Å². The minimum atomic E-state index is -3.90. The summed E-state index contributed by atoms with van der Waals surface area (Å²) in [6.07, 6.45) is 2.60. The minimum Gasteiger partial charge on any atom is -0.480 e. The third-order valence-electron chi connectivity index (χ3n) is 2.20. The van der Waals surface area contributed by atoms with Crippen LogP contribution in [-0.4, -0.2) is 30.5 Å². The molecule has 1 atom stereocenters. The first-order valence-electron chi connectivity index (χ1n) is 5.09. The summed E-state index contributed by atoms with van der Waals surface area (Å²) in [6.45, 7) is 3.25. The average Bonchev–Trinajstić information content (AvgIpc) is 2.25. The summed E-state index contributed by atoms with van der Waals surface area (Å²) in [6, 6.07) is 0.183. The molecule has 0 unspecified atom stereocenters. The van der Waals surface area contributed by atoms with Crippen LogP contribution >= 0.6 is 15.9 Å². The van der Waals surface area contributed by atoms with Crippen molar-refractivity contribution < 1.29 is 18.3 Å². The van der Waals surface area contributed by atoms with Gasteiger partial charge < -0.3 is 5.11 Å². The monoisotopic (exact) mass is 336 g/mol. The topological polar surface area (TPSA) is 96.4 Å². The molecule has 1 heterocycles. The van der Waals surface area contributed by atoms with E-state index in [2.05, 4.69) is 25.6 Å². The SMILES string of the molecule is CC(C)[C@H](NS(=O)(=O)c1cncc(Br)c1)C(=O)O. The molecule has 0 aliphatic carbocycles. The van der Waals surface area contributed by atoms with Crippen molar-refractivity contribution >= 4 is 31.9 Å². The summed E-state index contributed by atoms with van der Waals surface area (Å²) < 4.78 is 26.6. The molecule has 0 saturated heterocycles. The largest absolute Gasteiger partial charge is 0.480 e. The quantitative estimate of drug-likeness (QED) is 0.842. The van der Waals surface area contributed by atoms with E-state index in [1.807, 2.05) is 0 Å². The molecule has 0 aliphatic heterocycles. The van der Waals surface area contributed by atoms with Crippen LogP contribution in [0.25, 0.3) is 0 Å². The van der Waals surface area contributed by atoms with Crippen molar-refractivity contribution in [3.05, 3.63) is 22.9 Å². The lowest BCUT2D eigenvalue weighted by Gasteiger charge is -2.17. The van der Waals surface area contributed by atoms with E-state index in [1.165, 1.54) is 12.3 Å². The Bertz CT molecular complexity index is 545. The van der Waals surface area contributed by atoms with Crippen LogP contribution in [0.5, 0.6) is 0 Å². The third-order valence-corrected chi connectivity index (χ3v) is 4.05. The van der Waals surface area contributed by atoms with Gasteiger partial charge >= 0.3 is 5.97 Å². The van der Waals surface area contributed by atoms with E-state index in [0.717, 1.165) is 6.20 Å². The van der Waals surface area contributed by atoms with Gasteiger partial charge in [-0.2, -0.15) is 4.72 Å². The Balaban J connectivity index is 3.05. The predicted octanol–water partition coefficient (Wildman–Crippen LogP) is 1.23. The highest BCUT2D eigenvalue weighted by atomic mass is 79.9. The van der Waals surface area contributed by atoms with Crippen molar-refractivity contribution in [3.8, 4) is 0 Å². The van der Waals surface area contributed by atoms with Crippen molar-refractivity contribution in [3.63, 3.8) is 0 Å². The van der Waals surface area contributed by atoms with Crippen LogP contribution in [0.1, 0.15) is 13.8 Å². The molecule has 1 aromatic rings. The second-order valence-electron chi connectivity index (χ2n) is 4.02. The molecule has 0 radical (unpaired) electrons. The van der Waals surface area contributed by atoms with Crippen molar-refractivity contribution in [2.45, 2.75) is 24.8 Å². The van der Waals surface area contributed by atoms with Crippen LogP contribution in [-0.2, 0) is 14.8 Å². The maximum Gasteiger partial charge on any atom is 0.322 e. The predicted molar refractivity (Wildman–Crippen MR) is 68.5 cm³/mol. The number of carbonyl (C=O) groups is 1. The van der Waals surface area contributed by atoms with Crippen LogP contribution < -0.4 is 4.72 Å². The summed E-state index contributed by atoms with van der Waals surface area (Å²) in [4.78, 5) is 14.6. The zero-order chi connectivity index (χ0) is 13.9. The molecule has 0 aromatic carbocycles. The van der Waals surface area contributed by atoms with Gasteiger partial charge in [-0.3, -0.25) is 9.78 Å². The molecular formula is C10H13BrN2O4S. The Morgan fingerprint density at radius 3 is 2.50 bits per heavy atom. The van der Waals surface area contributed by atoms with Gasteiger partial charge in [-0.15, -0.1) is 0 Å². The fourth-order valence-corrected chi connectivity index (χ4v) is 3.09. The van der Waals surface area contributed by atoms with E-state index in [9.17, 15) is 13.2 Å². The molecule has 1 rings (SSSR count). The van der Waals surface area contributed by atoms with Crippen LogP contribution in [0.2, 0.25) is 0 Å². The maximum atomic E-state index is 12.0. The van der Waals surface area contributed by atoms with Crippen molar-refractivity contribution in [1.29, 1.82) is 0 Å². The summed E-state index contributed by atoms with van der Waals surface area (Å²) >= 11 is 3.11. The Morgan fingerprint density at radius 2 is 2.06 bits per heavy atom. The number of aromatic nitrogens is 1. The number of hydrogen-bond acceptors (Lipinski definition) is 4. The van der Waals surface area contributed by atoms with Gasteiger partial charge in [0, 0.05) is 16.9 Å². The Morgan fingerprint density at radius 1 is 1.44 bits per heavy atom. The van der Waals surface area contributed by atoms with Crippen molar-refractivity contribution in [2.75, 3.05) is 0 Å². The second kappa shape index (κ2) is 5.77. The standard InChI is InChI=1S/C10H13BrN2O4S/c1-6(2)9(10(14)15)13-18(16,17)8-3-7(11)4-12-5-8/h3-6,9,13H,1-2H3,(H,14,15)/t9-/m0/s1. The number of halogens is 1. The first-order valence-corrected chi connectivity index (χ1v) is 7.37. The van der Waals surface area contributed by atoms with Gasteiger partial charge in [0.1, 0.15) is 10.9 Å². The first kappa shape index (κ1) is 15.1. The van der Waals surface area contributed by atoms with Crippen LogP contribution in [0, 0.1) is 5.92 Å². The Kier molecular flexibility index (Phi) is 4.83. The van der Waals surface area contributed by atoms with Gasteiger partial charge in [0.05, 0.1) is 0 Å². The molecule has 0 amide bonds. The molecular weight excluding hydrogens is 324 g/mol. The lowest BCUT2D eigenvalue weighted by atomic mass is 10.1. The number of pyridine rings is 1. The molecule has 0 fully saturated rings. The number of carboxylic acids is 1. The fourth-order valence-electron chi connectivity index (χ4n) is 1.25. The molecule has 6 nitrogen and oxygen atoms in total. The zero-order valence-electron chi connectivity index (χ0n) is 9.79.